The van der Waals surface area contributed by atoms with E-state index in [1.54, 1.807) is 0 Å². The fourth-order valence-corrected chi connectivity index (χ4v) is 3.27. The topological polar surface area (TPSA) is 61.9 Å². The summed E-state index contributed by atoms with van der Waals surface area (Å²) in [5.41, 5.74) is 2.22. The fraction of sp³-hybridized carbons (Fsp3) is 0.619. The minimum atomic E-state index is -0.527. The van der Waals surface area contributed by atoms with E-state index in [1.807, 2.05) is 57.7 Å². The van der Waals surface area contributed by atoms with Gasteiger partial charge < -0.3 is 15.0 Å². The summed E-state index contributed by atoms with van der Waals surface area (Å²) in [6.45, 7) is 13.0. The van der Waals surface area contributed by atoms with E-state index in [1.165, 1.54) is 0 Å². The average molecular weight is 376 g/mol. The third-order valence-electron chi connectivity index (χ3n) is 4.92. The Labute approximate surface area is 162 Å². The van der Waals surface area contributed by atoms with Crippen LogP contribution in [-0.2, 0) is 9.59 Å². The zero-order valence-corrected chi connectivity index (χ0v) is 17.2. The largest absolute Gasteiger partial charge is 0.481 e. The number of hydrogen-bond acceptors (Lipinski definition) is 4. The van der Waals surface area contributed by atoms with E-state index in [2.05, 4.69) is 10.2 Å². The number of carbonyl (C=O) groups is 2. The summed E-state index contributed by atoms with van der Waals surface area (Å²) >= 11 is 0. The lowest BCUT2D eigenvalue weighted by Crippen LogP contribution is -2.44. The molecule has 0 spiro atoms. The van der Waals surface area contributed by atoms with Crippen LogP contribution in [0.5, 0.6) is 5.75 Å². The van der Waals surface area contributed by atoms with E-state index in [-0.39, 0.29) is 17.9 Å². The molecule has 27 heavy (non-hydrogen) atoms. The zero-order chi connectivity index (χ0) is 20.0. The number of benzene rings is 1. The standard InChI is InChI=1S/C21H33N3O3/c1-15(2)22-20(25)14-23-10-7-11-24(13-12-23)21(26)18(5)27-19-9-6-8-16(3)17(19)4/h6,8-9,15,18H,7,10-14H2,1-5H3,(H,22,25)/t18-/m1/s1. The highest BCUT2D eigenvalue weighted by Gasteiger charge is 2.25. The van der Waals surface area contributed by atoms with Crippen molar-refractivity contribution < 1.29 is 14.3 Å². The van der Waals surface area contributed by atoms with Crippen molar-refractivity contribution in [2.75, 3.05) is 32.7 Å². The number of nitrogens with one attached hydrogen (secondary N) is 1. The van der Waals surface area contributed by atoms with Gasteiger partial charge in [0.2, 0.25) is 5.91 Å². The molecule has 1 heterocycles. The van der Waals surface area contributed by atoms with Gasteiger partial charge in [-0.3, -0.25) is 14.5 Å². The van der Waals surface area contributed by atoms with Crippen molar-refractivity contribution in [1.82, 2.24) is 15.1 Å². The lowest BCUT2D eigenvalue weighted by Gasteiger charge is -2.25. The van der Waals surface area contributed by atoms with Crippen LogP contribution in [0.3, 0.4) is 0 Å². The number of hydrogen-bond donors (Lipinski definition) is 1. The van der Waals surface area contributed by atoms with Crippen molar-refractivity contribution in [3.63, 3.8) is 0 Å². The van der Waals surface area contributed by atoms with Gasteiger partial charge in [-0.05, 0) is 58.2 Å². The second kappa shape index (κ2) is 9.74. The molecule has 0 bridgehead atoms. The maximum atomic E-state index is 12.8. The van der Waals surface area contributed by atoms with Crippen LogP contribution in [0, 0.1) is 13.8 Å². The van der Waals surface area contributed by atoms with Crippen molar-refractivity contribution in [2.45, 2.75) is 53.2 Å². The van der Waals surface area contributed by atoms with Crippen molar-refractivity contribution in [1.29, 1.82) is 0 Å². The number of amides is 2. The first kappa shape index (κ1) is 21.2. The van der Waals surface area contributed by atoms with Gasteiger partial charge in [0.1, 0.15) is 5.75 Å². The van der Waals surface area contributed by atoms with Gasteiger partial charge in [-0.2, -0.15) is 0 Å². The molecular formula is C21H33N3O3. The number of rotatable bonds is 6. The first-order chi connectivity index (χ1) is 12.8. The summed E-state index contributed by atoms with van der Waals surface area (Å²) in [4.78, 5) is 28.8. The Balaban J connectivity index is 1.89. The van der Waals surface area contributed by atoms with Crippen LogP contribution in [0.2, 0.25) is 0 Å². The normalized spacial score (nSPS) is 16.7. The molecule has 1 aromatic rings. The zero-order valence-electron chi connectivity index (χ0n) is 17.2. The maximum absolute atomic E-state index is 12.8. The highest BCUT2D eigenvalue weighted by Crippen LogP contribution is 2.22. The molecule has 1 aliphatic heterocycles. The molecule has 150 valence electrons. The molecule has 0 aliphatic carbocycles. The third-order valence-corrected chi connectivity index (χ3v) is 4.92. The van der Waals surface area contributed by atoms with Crippen LogP contribution < -0.4 is 10.1 Å². The Morgan fingerprint density at radius 3 is 2.56 bits per heavy atom. The molecule has 1 atom stereocenters. The van der Waals surface area contributed by atoms with Crippen LogP contribution in [-0.4, -0.2) is 66.5 Å². The monoisotopic (exact) mass is 375 g/mol. The summed E-state index contributed by atoms with van der Waals surface area (Å²) in [6, 6.07) is 6.03. The second-order valence-electron chi connectivity index (χ2n) is 7.64. The third kappa shape index (κ3) is 6.24. The Kier molecular flexibility index (Phi) is 7.66. The molecule has 1 aromatic carbocycles. The van der Waals surface area contributed by atoms with Gasteiger partial charge in [-0.1, -0.05) is 12.1 Å². The molecule has 6 nitrogen and oxygen atoms in total. The minimum absolute atomic E-state index is 0.00406. The van der Waals surface area contributed by atoms with E-state index in [9.17, 15) is 9.59 Å². The molecule has 0 unspecified atom stereocenters. The number of aryl methyl sites for hydroxylation is 1. The summed E-state index contributed by atoms with van der Waals surface area (Å²) in [6.07, 6.45) is 0.331. The van der Waals surface area contributed by atoms with Gasteiger partial charge in [0.15, 0.2) is 6.10 Å². The summed E-state index contributed by atoms with van der Waals surface area (Å²) in [5, 5.41) is 2.92. The number of ether oxygens (including phenoxy) is 1. The Morgan fingerprint density at radius 1 is 1.11 bits per heavy atom. The lowest BCUT2D eigenvalue weighted by atomic mass is 10.1. The molecule has 1 fully saturated rings. The summed E-state index contributed by atoms with van der Waals surface area (Å²) < 4.78 is 5.95. The van der Waals surface area contributed by atoms with Crippen LogP contribution >= 0.6 is 0 Å². The van der Waals surface area contributed by atoms with E-state index in [0.29, 0.717) is 26.2 Å². The quantitative estimate of drug-likeness (QED) is 0.827. The molecular weight excluding hydrogens is 342 g/mol. The van der Waals surface area contributed by atoms with E-state index < -0.39 is 6.10 Å². The Morgan fingerprint density at radius 2 is 1.85 bits per heavy atom. The molecule has 0 aromatic heterocycles. The van der Waals surface area contributed by atoms with Gasteiger partial charge >= 0.3 is 0 Å². The van der Waals surface area contributed by atoms with Gasteiger partial charge in [0.25, 0.3) is 5.91 Å². The molecule has 2 amide bonds. The van der Waals surface area contributed by atoms with Crippen molar-refractivity contribution in [2.24, 2.45) is 0 Å². The first-order valence-corrected chi connectivity index (χ1v) is 9.81. The van der Waals surface area contributed by atoms with Crippen LogP contribution in [0.25, 0.3) is 0 Å². The Bertz CT molecular complexity index is 660. The van der Waals surface area contributed by atoms with Crippen LogP contribution in [0.1, 0.15) is 38.3 Å². The predicted molar refractivity (Wildman–Crippen MR) is 107 cm³/mol. The van der Waals surface area contributed by atoms with E-state index >= 15 is 0 Å². The maximum Gasteiger partial charge on any atom is 0.263 e. The molecule has 2 rings (SSSR count). The average Bonchev–Trinajstić information content (AvgIpc) is 2.83. The first-order valence-electron chi connectivity index (χ1n) is 9.81. The fourth-order valence-electron chi connectivity index (χ4n) is 3.27. The molecule has 1 saturated heterocycles. The SMILES string of the molecule is Cc1cccc(O[C@H](C)C(=O)N2CCCN(CC(=O)NC(C)C)CC2)c1C. The number of carbonyl (C=O) groups excluding carboxylic acids is 2. The van der Waals surface area contributed by atoms with Gasteiger partial charge in [-0.25, -0.2) is 0 Å². The minimum Gasteiger partial charge on any atom is -0.481 e. The van der Waals surface area contributed by atoms with E-state index in [4.69, 9.17) is 4.74 Å². The summed E-state index contributed by atoms with van der Waals surface area (Å²) in [7, 11) is 0. The van der Waals surface area contributed by atoms with Crippen molar-refractivity contribution in [3.8, 4) is 5.75 Å². The second-order valence-corrected chi connectivity index (χ2v) is 7.64. The molecule has 1 N–H and O–H groups in total. The highest BCUT2D eigenvalue weighted by molar-refractivity contribution is 5.81. The van der Waals surface area contributed by atoms with Crippen molar-refractivity contribution >= 4 is 11.8 Å². The van der Waals surface area contributed by atoms with Gasteiger partial charge in [0, 0.05) is 32.2 Å². The van der Waals surface area contributed by atoms with Gasteiger partial charge in [0.05, 0.1) is 6.54 Å². The van der Waals surface area contributed by atoms with Crippen molar-refractivity contribution in [3.05, 3.63) is 29.3 Å². The molecule has 0 radical (unpaired) electrons. The van der Waals surface area contributed by atoms with Crippen LogP contribution in [0.4, 0.5) is 0 Å². The molecule has 1 aliphatic rings. The number of nitrogens with zero attached hydrogens (tertiary/aromatic N) is 2. The Hall–Kier alpha value is -2.08. The summed E-state index contributed by atoms with van der Waals surface area (Å²) in [5.74, 6) is 0.804. The highest BCUT2D eigenvalue weighted by atomic mass is 16.5. The molecule has 0 saturated carbocycles. The van der Waals surface area contributed by atoms with Crippen LogP contribution in [0.15, 0.2) is 18.2 Å². The lowest BCUT2D eigenvalue weighted by molar-refractivity contribution is -0.137. The smallest absolute Gasteiger partial charge is 0.263 e. The van der Waals surface area contributed by atoms with E-state index in [0.717, 1.165) is 29.8 Å². The van der Waals surface area contributed by atoms with Gasteiger partial charge in [-0.15, -0.1) is 0 Å². The predicted octanol–water partition coefficient (Wildman–Crippen LogP) is 2.13. The molecule has 6 heteroatoms.